The number of nitrogens with zero attached hydrogens (tertiary/aromatic N) is 1. The summed E-state index contributed by atoms with van der Waals surface area (Å²) in [6.07, 6.45) is 2.21. The molecule has 0 aliphatic rings. The van der Waals surface area contributed by atoms with Crippen molar-refractivity contribution in [3.05, 3.63) is 23.4 Å². The maximum Gasteiger partial charge on any atom is 0.214 e. The highest BCUT2D eigenvalue weighted by atomic mass is 16.5. The molecule has 0 radical (unpaired) electrons. The smallest absolute Gasteiger partial charge is 0.214 e. The predicted molar refractivity (Wildman–Crippen MR) is 61.9 cm³/mol. The number of aromatic nitrogens is 1. The summed E-state index contributed by atoms with van der Waals surface area (Å²) in [7, 11) is 0. The molecular weight excluding hydrogens is 188 g/mol. The number of hydrogen-bond donors (Lipinski definition) is 1. The van der Waals surface area contributed by atoms with E-state index in [1.165, 1.54) is 0 Å². The van der Waals surface area contributed by atoms with Crippen LogP contribution in [0.1, 0.15) is 38.4 Å². The van der Waals surface area contributed by atoms with Gasteiger partial charge in [-0.25, -0.2) is 4.98 Å². The number of pyridine rings is 1. The maximum absolute atomic E-state index is 5.63. The molecule has 0 saturated carbocycles. The number of nitrogens with two attached hydrogens (primary N) is 1. The Hall–Kier alpha value is -1.09. The summed E-state index contributed by atoms with van der Waals surface area (Å²) in [6, 6.07) is 3.97. The minimum absolute atomic E-state index is 0.153. The third kappa shape index (κ3) is 3.88. The first kappa shape index (κ1) is 12.0. The van der Waals surface area contributed by atoms with Gasteiger partial charge in [0.1, 0.15) is 0 Å². The normalized spacial score (nSPS) is 10.7. The fourth-order valence-electron chi connectivity index (χ4n) is 1.42. The van der Waals surface area contributed by atoms with E-state index in [-0.39, 0.29) is 6.10 Å². The summed E-state index contributed by atoms with van der Waals surface area (Å²) in [6.45, 7) is 6.67. The van der Waals surface area contributed by atoms with Crippen molar-refractivity contribution >= 4 is 0 Å². The Morgan fingerprint density at radius 1 is 1.40 bits per heavy atom. The van der Waals surface area contributed by atoms with Gasteiger partial charge in [-0.3, -0.25) is 0 Å². The van der Waals surface area contributed by atoms with Crippen LogP contribution in [0.5, 0.6) is 5.88 Å². The van der Waals surface area contributed by atoms with Crippen molar-refractivity contribution in [1.82, 2.24) is 4.98 Å². The van der Waals surface area contributed by atoms with E-state index < -0.39 is 0 Å². The topological polar surface area (TPSA) is 48.1 Å². The Labute approximate surface area is 91.7 Å². The first-order valence-electron chi connectivity index (χ1n) is 5.52. The van der Waals surface area contributed by atoms with E-state index in [4.69, 9.17) is 10.5 Å². The second-order valence-corrected chi connectivity index (χ2v) is 3.93. The zero-order chi connectivity index (χ0) is 11.3. The Morgan fingerprint density at radius 3 is 2.67 bits per heavy atom. The Kier molecular flexibility index (Phi) is 4.56. The molecule has 1 rings (SSSR count). The van der Waals surface area contributed by atoms with Crippen molar-refractivity contribution in [2.24, 2.45) is 5.73 Å². The largest absolute Gasteiger partial charge is 0.475 e. The van der Waals surface area contributed by atoms with Crippen LogP contribution in [0.2, 0.25) is 0 Å². The molecule has 0 bridgehead atoms. The second-order valence-electron chi connectivity index (χ2n) is 3.93. The quantitative estimate of drug-likeness (QED) is 0.807. The lowest BCUT2D eigenvalue weighted by atomic mass is 10.1. The van der Waals surface area contributed by atoms with Gasteiger partial charge in [0.2, 0.25) is 5.88 Å². The van der Waals surface area contributed by atoms with Gasteiger partial charge in [-0.2, -0.15) is 0 Å². The van der Waals surface area contributed by atoms with Gasteiger partial charge in [-0.1, -0.05) is 13.3 Å². The van der Waals surface area contributed by atoms with Gasteiger partial charge in [0.25, 0.3) is 0 Å². The molecule has 15 heavy (non-hydrogen) atoms. The summed E-state index contributed by atoms with van der Waals surface area (Å²) in [5.41, 5.74) is 7.78. The Morgan fingerprint density at radius 2 is 2.13 bits per heavy atom. The first-order chi connectivity index (χ1) is 7.15. The van der Waals surface area contributed by atoms with Crippen LogP contribution in [0, 0.1) is 0 Å². The number of rotatable bonds is 5. The van der Waals surface area contributed by atoms with Crippen molar-refractivity contribution in [3.8, 4) is 5.88 Å². The summed E-state index contributed by atoms with van der Waals surface area (Å²) >= 11 is 0. The highest BCUT2D eigenvalue weighted by Crippen LogP contribution is 2.15. The number of ether oxygens (including phenoxy) is 1. The molecule has 0 aliphatic carbocycles. The zero-order valence-electron chi connectivity index (χ0n) is 9.79. The van der Waals surface area contributed by atoms with E-state index in [1.807, 2.05) is 19.9 Å². The molecule has 0 spiro atoms. The van der Waals surface area contributed by atoms with Gasteiger partial charge in [-0.15, -0.1) is 0 Å². The molecule has 0 amide bonds. The van der Waals surface area contributed by atoms with E-state index in [1.54, 1.807) is 0 Å². The summed E-state index contributed by atoms with van der Waals surface area (Å²) in [5.74, 6) is 0.691. The number of hydrogen-bond acceptors (Lipinski definition) is 3. The highest BCUT2D eigenvalue weighted by Gasteiger charge is 2.04. The van der Waals surface area contributed by atoms with E-state index in [0.29, 0.717) is 12.4 Å². The van der Waals surface area contributed by atoms with E-state index >= 15 is 0 Å². The van der Waals surface area contributed by atoms with Crippen LogP contribution < -0.4 is 10.5 Å². The summed E-state index contributed by atoms with van der Waals surface area (Å²) in [5, 5.41) is 0. The van der Waals surface area contributed by atoms with Crippen LogP contribution in [-0.4, -0.2) is 11.1 Å². The third-order valence-corrected chi connectivity index (χ3v) is 2.01. The lowest BCUT2D eigenvalue weighted by molar-refractivity contribution is 0.232. The molecule has 0 saturated heterocycles. The average Bonchev–Trinajstić information content (AvgIpc) is 2.16. The molecule has 84 valence electrons. The molecule has 0 unspecified atom stereocenters. The zero-order valence-corrected chi connectivity index (χ0v) is 9.79. The molecule has 0 aliphatic heterocycles. The van der Waals surface area contributed by atoms with Crippen LogP contribution in [0.4, 0.5) is 0 Å². The van der Waals surface area contributed by atoms with Crippen molar-refractivity contribution in [1.29, 1.82) is 0 Å². The Bertz CT molecular complexity index is 310. The van der Waals surface area contributed by atoms with Gasteiger partial charge in [0, 0.05) is 18.3 Å². The standard InChI is InChI=1S/C12H20N2O/c1-4-5-11-6-10(8-13)7-12(14-11)15-9(2)3/h6-7,9H,4-5,8,13H2,1-3H3. The molecule has 3 heteroatoms. The maximum atomic E-state index is 5.63. The lowest BCUT2D eigenvalue weighted by Gasteiger charge is -2.11. The average molecular weight is 208 g/mol. The molecule has 3 nitrogen and oxygen atoms in total. The van der Waals surface area contributed by atoms with E-state index in [9.17, 15) is 0 Å². The molecule has 1 aromatic rings. The van der Waals surface area contributed by atoms with Crippen LogP contribution in [-0.2, 0) is 13.0 Å². The highest BCUT2D eigenvalue weighted by molar-refractivity contribution is 5.25. The molecule has 1 heterocycles. The predicted octanol–water partition coefficient (Wildman–Crippen LogP) is 2.28. The van der Waals surface area contributed by atoms with Crippen molar-refractivity contribution < 1.29 is 4.74 Å². The second kappa shape index (κ2) is 5.71. The molecule has 0 atom stereocenters. The molecule has 2 N–H and O–H groups in total. The van der Waals surface area contributed by atoms with Crippen LogP contribution in [0.15, 0.2) is 12.1 Å². The fourth-order valence-corrected chi connectivity index (χ4v) is 1.42. The van der Waals surface area contributed by atoms with Crippen molar-refractivity contribution in [2.75, 3.05) is 0 Å². The van der Waals surface area contributed by atoms with E-state index in [2.05, 4.69) is 18.0 Å². The van der Waals surface area contributed by atoms with Gasteiger partial charge in [0.05, 0.1) is 6.10 Å². The van der Waals surface area contributed by atoms with E-state index in [0.717, 1.165) is 24.1 Å². The van der Waals surface area contributed by atoms with Gasteiger partial charge >= 0.3 is 0 Å². The molecule has 0 aromatic carbocycles. The van der Waals surface area contributed by atoms with Crippen molar-refractivity contribution in [2.45, 2.75) is 46.3 Å². The van der Waals surface area contributed by atoms with Gasteiger partial charge < -0.3 is 10.5 Å². The summed E-state index contributed by atoms with van der Waals surface area (Å²) in [4.78, 5) is 4.43. The lowest BCUT2D eigenvalue weighted by Crippen LogP contribution is -2.09. The fraction of sp³-hybridized carbons (Fsp3) is 0.583. The van der Waals surface area contributed by atoms with Gasteiger partial charge in [0.15, 0.2) is 0 Å². The van der Waals surface area contributed by atoms with Crippen LogP contribution >= 0.6 is 0 Å². The van der Waals surface area contributed by atoms with Crippen LogP contribution in [0.25, 0.3) is 0 Å². The third-order valence-electron chi connectivity index (χ3n) is 2.01. The monoisotopic (exact) mass is 208 g/mol. The van der Waals surface area contributed by atoms with Crippen molar-refractivity contribution in [3.63, 3.8) is 0 Å². The van der Waals surface area contributed by atoms with Crippen LogP contribution in [0.3, 0.4) is 0 Å². The minimum atomic E-state index is 0.153. The molecule has 1 aromatic heterocycles. The van der Waals surface area contributed by atoms with Gasteiger partial charge in [-0.05, 0) is 31.9 Å². The summed E-state index contributed by atoms with van der Waals surface area (Å²) < 4.78 is 5.58. The Balaban J connectivity index is 2.89. The number of aryl methyl sites for hydroxylation is 1. The first-order valence-corrected chi connectivity index (χ1v) is 5.52. The molecule has 0 fully saturated rings. The minimum Gasteiger partial charge on any atom is -0.475 e. The molecular formula is C12H20N2O. The SMILES string of the molecule is CCCc1cc(CN)cc(OC(C)C)n1.